The van der Waals surface area contributed by atoms with Gasteiger partial charge in [0.1, 0.15) is 12.4 Å². The fraction of sp³-hybridized carbons (Fsp3) is 0.0625. The Morgan fingerprint density at radius 2 is 2.00 bits per heavy atom. The molecule has 118 valence electrons. The zero-order chi connectivity index (χ0) is 16.4. The number of H-pyrrole nitrogens is 1. The summed E-state index contributed by atoms with van der Waals surface area (Å²) in [5.41, 5.74) is 2.85. The Labute approximate surface area is 141 Å². The molecule has 0 aliphatic heterocycles. The van der Waals surface area contributed by atoms with Crippen molar-refractivity contribution in [1.82, 2.24) is 29.9 Å². The molecule has 0 saturated heterocycles. The summed E-state index contributed by atoms with van der Waals surface area (Å²) in [6, 6.07) is 7.38. The monoisotopic (exact) mass is 338 g/mol. The van der Waals surface area contributed by atoms with Gasteiger partial charge in [0, 0.05) is 30.4 Å². The average Bonchev–Trinajstić information content (AvgIpc) is 3.14. The predicted octanol–water partition coefficient (Wildman–Crippen LogP) is 3.04. The van der Waals surface area contributed by atoms with Crippen LogP contribution in [-0.2, 0) is 6.61 Å². The smallest absolute Gasteiger partial charge is 0.245 e. The van der Waals surface area contributed by atoms with Crippen LogP contribution in [0.1, 0.15) is 5.69 Å². The molecule has 4 aromatic heterocycles. The summed E-state index contributed by atoms with van der Waals surface area (Å²) in [5.74, 6) is 1.11. The molecule has 24 heavy (non-hydrogen) atoms. The van der Waals surface area contributed by atoms with Crippen LogP contribution in [0.5, 0.6) is 5.88 Å². The van der Waals surface area contributed by atoms with Crippen LogP contribution >= 0.6 is 11.6 Å². The molecule has 8 heteroatoms. The number of nitrogens with one attached hydrogen (secondary N) is 1. The van der Waals surface area contributed by atoms with Crippen LogP contribution in [0.2, 0.25) is 5.28 Å². The lowest BCUT2D eigenvalue weighted by molar-refractivity contribution is 0.292. The van der Waals surface area contributed by atoms with Gasteiger partial charge in [-0.1, -0.05) is 0 Å². The number of fused-ring (bicyclic) bond motifs is 1. The van der Waals surface area contributed by atoms with E-state index in [1.54, 1.807) is 36.9 Å². The van der Waals surface area contributed by atoms with Gasteiger partial charge in [0.15, 0.2) is 5.52 Å². The van der Waals surface area contributed by atoms with Crippen LogP contribution in [0.3, 0.4) is 0 Å². The van der Waals surface area contributed by atoms with Crippen LogP contribution < -0.4 is 4.74 Å². The zero-order valence-electron chi connectivity index (χ0n) is 12.3. The van der Waals surface area contributed by atoms with Crippen molar-refractivity contribution in [2.24, 2.45) is 0 Å². The topological polar surface area (TPSA) is 89.5 Å². The van der Waals surface area contributed by atoms with Crippen LogP contribution in [-0.4, -0.2) is 29.9 Å². The minimum atomic E-state index is 0.117. The molecule has 0 fully saturated rings. The van der Waals surface area contributed by atoms with Gasteiger partial charge < -0.3 is 9.72 Å². The number of rotatable bonds is 4. The van der Waals surface area contributed by atoms with Gasteiger partial charge in [0.25, 0.3) is 0 Å². The number of pyridine rings is 2. The molecule has 0 aromatic carbocycles. The van der Waals surface area contributed by atoms with Crippen molar-refractivity contribution in [2.75, 3.05) is 0 Å². The highest BCUT2D eigenvalue weighted by molar-refractivity contribution is 6.28. The third-order valence-corrected chi connectivity index (χ3v) is 3.52. The summed E-state index contributed by atoms with van der Waals surface area (Å²) in [4.78, 5) is 24.1. The minimum Gasteiger partial charge on any atom is -0.469 e. The number of imidazole rings is 1. The van der Waals surface area contributed by atoms with Crippen molar-refractivity contribution in [3.05, 3.63) is 60.0 Å². The molecule has 7 nitrogen and oxygen atoms in total. The first-order chi connectivity index (χ1) is 11.8. The third-order valence-electron chi connectivity index (χ3n) is 3.35. The summed E-state index contributed by atoms with van der Waals surface area (Å²) < 4.78 is 5.73. The molecular weight excluding hydrogens is 328 g/mol. The second kappa shape index (κ2) is 6.21. The second-order valence-corrected chi connectivity index (χ2v) is 5.27. The lowest BCUT2D eigenvalue weighted by atomic mass is 10.2. The highest BCUT2D eigenvalue weighted by Crippen LogP contribution is 2.22. The van der Waals surface area contributed by atoms with Crippen molar-refractivity contribution in [2.45, 2.75) is 6.61 Å². The quantitative estimate of drug-likeness (QED) is 0.575. The highest BCUT2D eigenvalue weighted by Gasteiger charge is 2.09. The molecule has 0 spiro atoms. The Hall–Kier alpha value is -3.06. The summed E-state index contributed by atoms with van der Waals surface area (Å²) in [6.07, 6.45) is 6.86. The summed E-state index contributed by atoms with van der Waals surface area (Å²) in [6.45, 7) is 0.247. The van der Waals surface area contributed by atoms with Crippen molar-refractivity contribution in [1.29, 1.82) is 0 Å². The molecule has 0 unspecified atom stereocenters. The number of hydrogen-bond donors (Lipinski definition) is 1. The highest BCUT2D eigenvalue weighted by atomic mass is 35.5. The van der Waals surface area contributed by atoms with Crippen molar-refractivity contribution in [3.63, 3.8) is 0 Å². The van der Waals surface area contributed by atoms with Crippen LogP contribution in [0.15, 0.2) is 49.1 Å². The normalized spacial score (nSPS) is 10.9. The van der Waals surface area contributed by atoms with E-state index in [0.29, 0.717) is 16.9 Å². The molecule has 0 saturated carbocycles. The molecule has 0 atom stereocenters. The molecule has 0 aliphatic rings. The summed E-state index contributed by atoms with van der Waals surface area (Å²) in [7, 11) is 0. The maximum Gasteiger partial charge on any atom is 0.245 e. The Balaban J connectivity index is 1.55. The standard InChI is InChI=1S/C16H11ClN6O/c17-16-22-12-2-1-5-18-13(12)15(23-16)24-9-11-4-3-10(8-21-11)14-19-6-7-20-14/h1-8H,9H2,(H,19,20). The van der Waals surface area contributed by atoms with Crippen molar-refractivity contribution >= 4 is 22.6 Å². The third kappa shape index (κ3) is 2.89. The van der Waals surface area contributed by atoms with E-state index in [-0.39, 0.29) is 11.9 Å². The lowest BCUT2D eigenvalue weighted by Gasteiger charge is -2.07. The molecule has 4 heterocycles. The van der Waals surface area contributed by atoms with Crippen LogP contribution in [0.25, 0.3) is 22.4 Å². The largest absolute Gasteiger partial charge is 0.469 e. The number of ether oxygens (including phenoxy) is 1. The number of halogens is 1. The van der Waals surface area contributed by atoms with Crippen LogP contribution in [0, 0.1) is 0 Å². The van der Waals surface area contributed by atoms with Gasteiger partial charge in [0.05, 0.1) is 11.2 Å². The molecule has 4 rings (SSSR count). The first-order valence-electron chi connectivity index (χ1n) is 7.15. The van der Waals surface area contributed by atoms with Gasteiger partial charge in [-0.2, -0.15) is 4.98 Å². The Morgan fingerprint density at radius 1 is 1.04 bits per heavy atom. The Morgan fingerprint density at radius 3 is 2.79 bits per heavy atom. The van der Waals surface area contributed by atoms with E-state index in [9.17, 15) is 0 Å². The Kier molecular flexibility index (Phi) is 3.76. The van der Waals surface area contributed by atoms with Gasteiger partial charge >= 0.3 is 0 Å². The Bertz CT molecular complexity index is 972. The van der Waals surface area contributed by atoms with Gasteiger partial charge in [-0.25, -0.2) is 15.0 Å². The molecule has 0 radical (unpaired) electrons. The van der Waals surface area contributed by atoms with Gasteiger partial charge in [-0.15, -0.1) is 0 Å². The average molecular weight is 339 g/mol. The van der Waals surface area contributed by atoms with E-state index in [4.69, 9.17) is 16.3 Å². The van der Waals surface area contributed by atoms with Gasteiger partial charge in [-0.3, -0.25) is 4.98 Å². The number of aromatic nitrogens is 6. The minimum absolute atomic E-state index is 0.117. The molecule has 0 aliphatic carbocycles. The maximum atomic E-state index is 5.93. The molecule has 4 aromatic rings. The molecule has 1 N–H and O–H groups in total. The second-order valence-electron chi connectivity index (χ2n) is 4.93. The fourth-order valence-electron chi connectivity index (χ4n) is 2.23. The number of aromatic amines is 1. The van der Waals surface area contributed by atoms with E-state index < -0.39 is 0 Å². The van der Waals surface area contributed by atoms with Crippen LogP contribution in [0.4, 0.5) is 0 Å². The maximum absolute atomic E-state index is 5.93. The predicted molar refractivity (Wildman–Crippen MR) is 88.5 cm³/mol. The van der Waals surface area contributed by atoms with E-state index >= 15 is 0 Å². The van der Waals surface area contributed by atoms with Crippen molar-refractivity contribution < 1.29 is 4.74 Å². The first-order valence-corrected chi connectivity index (χ1v) is 7.53. The number of nitrogens with zero attached hydrogens (tertiary/aromatic N) is 5. The van der Waals surface area contributed by atoms with Gasteiger partial charge in [0.2, 0.25) is 11.2 Å². The summed E-state index contributed by atoms with van der Waals surface area (Å²) >= 11 is 5.93. The fourth-order valence-corrected chi connectivity index (χ4v) is 2.40. The zero-order valence-corrected chi connectivity index (χ0v) is 13.1. The van der Waals surface area contributed by atoms with E-state index in [2.05, 4.69) is 29.9 Å². The molecule has 0 amide bonds. The SMILES string of the molecule is Clc1nc(OCc2ccc(-c3ncc[nH]3)cn2)c2ncccc2n1. The molecule has 0 bridgehead atoms. The number of hydrogen-bond acceptors (Lipinski definition) is 6. The van der Waals surface area contributed by atoms with E-state index in [0.717, 1.165) is 17.1 Å². The lowest BCUT2D eigenvalue weighted by Crippen LogP contribution is -2.02. The van der Waals surface area contributed by atoms with E-state index in [1.807, 2.05) is 12.1 Å². The first kappa shape index (κ1) is 14.5. The molecular formula is C16H11ClN6O. The van der Waals surface area contributed by atoms with Gasteiger partial charge in [-0.05, 0) is 35.9 Å². The van der Waals surface area contributed by atoms with Crippen molar-refractivity contribution in [3.8, 4) is 17.3 Å². The summed E-state index contributed by atoms with van der Waals surface area (Å²) in [5, 5.41) is 0.117. The van der Waals surface area contributed by atoms with E-state index in [1.165, 1.54) is 0 Å².